The number of aliphatic hydroxyl groups excluding tert-OH is 2. The summed E-state index contributed by atoms with van der Waals surface area (Å²) in [4.78, 5) is 12.5. The summed E-state index contributed by atoms with van der Waals surface area (Å²) in [7, 11) is 0. The first kappa shape index (κ1) is 26.6. The zero-order valence-electron chi connectivity index (χ0n) is 24.5. The number of hydrogen-bond acceptors (Lipinski definition) is 5. The lowest BCUT2D eigenvalue weighted by molar-refractivity contribution is -0.236. The van der Waals surface area contributed by atoms with Crippen LogP contribution < -0.4 is 0 Å². The number of fused-ring (bicyclic) bond motifs is 4. The Hall–Kier alpha value is -0.650. The van der Waals surface area contributed by atoms with Crippen molar-refractivity contribution in [3.05, 3.63) is 0 Å². The Morgan fingerprint density at radius 1 is 1.00 bits per heavy atom. The van der Waals surface area contributed by atoms with E-state index in [2.05, 4.69) is 48.5 Å². The van der Waals surface area contributed by atoms with Crippen molar-refractivity contribution in [2.24, 2.45) is 63.6 Å². The monoisotopic (exact) mass is 516 g/mol. The zero-order chi connectivity index (χ0) is 26.9. The van der Waals surface area contributed by atoms with Crippen LogP contribution in [0, 0.1) is 63.6 Å². The molecule has 210 valence electrons. The van der Waals surface area contributed by atoms with E-state index >= 15 is 0 Å². The Morgan fingerprint density at radius 3 is 2.35 bits per heavy atom. The summed E-state index contributed by atoms with van der Waals surface area (Å²) in [5.74, 6) is 3.62. The van der Waals surface area contributed by atoms with Crippen LogP contribution in [0.2, 0.25) is 0 Å². The lowest BCUT2D eigenvalue weighted by atomic mass is 9.42. The smallest absolute Gasteiger partial charge is 0.303 e. The number of hydrogen-bond donors (Lipinski definition) is 2. The molecule has 0 aromatic rings. The second-order valence-electron chi connectivity index (χ2n) is 15.6. The molecule has 5 heteroatoms. The van der Waals surface area contributed by atoms with E-state index in [0.29, 0.717) is 53.3 Å². The van der Waals surface area contributed by atoms with E-state index in [1.54, 1.807) is 0 Å². The number of carbonyl (C=O) groups is 1. The molecule has 0 unspecified atom stereocenters. The molecule has 5 nitrogen and oxygen atoms in total. The van der Waals surface area contributed by atoms with Crippen LogP contribution in [0.25, 0.3) is 0 Å². The highest BCUT2D eigenvalue weighted by molar-refractivity contribution is 5.66. The van der Waals surface area contributed by atoms with Crippen LogP contribution in [0.3, 0.4) is 0 Å². The molecule has 0 radical (unpaired) electrons. The molecule has 0 aromatic carbocycles. The molecule has 15 atom stereocenters. The fourth-order valence-corrected chi connectivity index (χ4v) is 11.7. The van der Waals surface area contributed by atoms with Gasteiger partial charge in [0.05, 0.1) is 18.3 Å². The van der Waals surface area contributed by atoms with E-state index in [1.165, 1.54) is 13.3 Å². The first-order valence-corrected chi connectivity index (χ1v) is 15.4. The lowest BCUT2D eigenvalue weighted by Gasteiger charge is -2.63. The standard InChI is InChI=1S/C32H52O5/c1-16(2)18(4)29(6)15-24(29)17(3)22-9-10-23-21-13-25-32(37-25)14-20(34)11-12-30(32,7)26(21)27(35)28(31(22,23)8)36-19(5)33/h16-18,20-28,34-35H,9-15H2,1-8H3/t17-,18+,20-,21-,22+,23-,24+,25-,26+,27-,28+,29+,30+,31+,32-/m0/s1. The molecule has 1 aliphatic heterocycles. The predicted octanol–water partition coefficient (Wildman–Crippen LogP) is 5.60. The Balaban J connectivity index is 1.35. The minimum absolute atomic E-state index is 0.0439. The first-order valence-electron chi connectivity index (χ1n) is 15.4. The molecule has 1 heterocycles. The van der Waals surface area contributed by atoms with Crippen molar-refractivity contribution in [3.63, 3.8) is 0 Å². The maximum Gasteiger partial charge on any atom is 0.303 e. The Labute approximate surface area is 224 Å². The summed E-state index contributed by atoms with van der Waals surface area (Å²) in [6.07, 6.45) is 5.60. The highest BCUT2D eigenvalue weighted by Gasteiger charge is 2.79. The van der Waals surface area contributed by atoms with Gasteiger partial charge in [-0.1, -0.05) is 48.5 Å². The largest absolute Gasteiger partial charge is 0.459 e. The summed E-state index contributed by atoms with van der Waals surface area (Å²) in [5, 5.41) is 22.8. The molecule has 0 amide bonds. The van der Waals surface area contributed by atoms with Gasteiger partial charge in [-0.05, 0) is 91.3 Å². The Kier molecular flexibility index (Phi) is 5.88. The third-order valence-electron chi connectivity index (χ3n) is 14.1. The lowest BCUT2D eigenvalue weighted by Crippen LogP contribution is -2.68. The predicted molar refractivity (Wildman–Crippen MR) is 142 cm³/mol. The summed E-state index contributed by atoms with van der Waals surface area (Å²) < 4.78 is 12.7. The number of esters is 1. The van der Waals surface area contributed by atoms with E-state index in [4.69, 9.17) is 9.47 Å². The minimum Gasteiger partial charge on any atom is -0.459 e. The highest BCUT2D eigenvalue weighted by Crippen LogP contribution is 2.76. The van der Waals surface area contributed by atoms with Gasteiger partial charge in [-0.2, -0.15) is 0 Å². The van der Waals surface area contributed by atoms with Crippen LogP contribution in [0.4, 0.5) is 0 Å². The molecule has 0 aromatic heterocycles. The normalized spacial score (nSPS) is 57.4. The topological polar surface area (TPSA) is 79.3 Å². The second-order valence-corrected chi connectivity index (χ2v) is 15.6. The first-order chi connectivity index (χ1) is 17.2. The van der Waals surface area contributed by atoms with Crippen molar-refractivity contribution in [1.29, 1.82) is 0 Å². The minimum atomic E-state index is -0.689. The van der Waals surface area contributed by atoms with Crippen molar-refractivity contribution < 1.29 is 24.5 Å². The Morgan fingerprint density at radius 2 is 1.70 bits per heavy atom. The van der Waals surface area contributed by atoms with Crippen LogP contribution in [-0.2, 0) is 14.3 Å². The van der Waals surface area contributed by atoms with Gasteiger partial charge in [0.2, 0.25) is 0 Å². The molecule has 37 heavy (non-hydrogen) atoms. The average molecular weight is 517 g/mol. The maximum absolute atomic E-state index is 12.5. The number of rotatable bonds is 5. The van der Waals surface area contributed by atoms with E-state index in [-0.39, 0.29) is 40.5 Å². The molecular formula is C32H52O5. The van der Waals surface area contributed by atoms with Crippen LogP contribution >= 0.6 is 0 Å². The van der Waals surface area contributed by atoms with Crippen LogP contribution in [-0.4, -0.2) is 46.2 Å². The van der Waals surface area contributed by atoms with Gasteiger partial charge in [0.25, 0.3) is 0 Å². The molecule has 5 aliphatic carbocycles. The molecule has 1 spiro atoms. The second kappa shape index (κ2) is 8.19. The van der Waals surface area contributed by atoms with Crippen molar-refractivity contribution in [1.82, 2.24) is 0 Å². The number of ether oxygens (including phenoxy) is 2. The third-order valence-corrected chi connectivity index (χ3v) is 14.1. The SMILES string of the molecule is CC(=O)O[C@@H]1[C@@H](O)[C@H]2[C@@H](C[C@@H]3O[C@@]34C[C@@H](O)CC[C@]24C)[C@@H]2CC[C@H]([C@H](C)[C@H]3C[C@]3(C)[C@H](C)C(C)C)[C@@]12C. The number of epoxide rings is 1. The summed E-state index contributed by atoms with van der Waals surface area (Å²) in [6, 6.07) is 0. The fraction of sp³-hybridized carbons (Fsp3) is 0.969. The van der Waals surface area contributed by atoms with Crippen LogP contribution in [0.5, 0.6) is 0 Å². The van der Waals surface area contributed by atoms with Crippen molar-refractivity contribution in [2.45, 2.75) is 130 Å². The molecule has 6 rings (SSSR count). The van der Waals surface area contributed by atoms with Crippen LogP contribution in [0.15, 0.2) is 0 Å². The van der Waals surface area contributed by atoms with E-state index in [1.807, 2.05) is 0 Å². The molecule has 2 N–H and O–H groups in total. The quantitative estimate of drug-likeness (QED) is 0.367. The van der Waals surface area contributed by atoms with Crippen molar-refractivity contribution >= 4 is 5.97 Å². The molecule has 5 saturated carbocycles. The van der Waals surface area contributed by atoms with E-state index in [9.17, 15) is 15.0 Å². The van der Waals surface area contributed by atoms with Crippen LogP contribution in [0.1, 0.15) is 100 Å². The van der Waals surface area contributed by atoms with Crippen molar-refractivity contribution in [2.75, 3.05) is 0 Å². The van der Waals surface area contributed by atoms with Gasteiger partial charge in [0, 0.05) is 24.2 Å². The molecule has 1 saturated heterocycles. The third kappa shape index (κ3) is 3.35. The molecule has 0 bridgehead atoms. The van der Waals surface area contributed by atoms with Gasteiger partial charge in [-0.3, -0.25) is 4.79 Å². The van der Waals surface area contributed by atoms with Gasteiger partial charge >= 0.3 is 5.97 Å². The zero-order valence-corrected chi connectivity index (χ0v) is 24.5. The summed E-state index contributed by atoms with van der Waals surface area (Å²) in [6.45, 7) is 18.3. The van der Waals surface area contributed by atoms with E-state index < -0.39 is 12.2 Å². The van der Waals surface area contributed by atoms with Gasteiger partial charge < -0.3 is 19.7 Å². The van der Waals surface area contributed by atoms with Gasteiger partial charge in [0.1, 0.15) is 11.7 Å². The summed E-state index contributed by atoms with van der Waals surface area (Å²) in [5.41, 5.74) is -0.340. The molecule has 6 fully saturated rings. The number of aliphatic hydroxyl groups is 2. The van der Waals surface area contributed by atoms with Gasteiger partial charge in [-0.25, -0.2) is 0 Å². The maximum atomic E-state index is 12.5. The molecule has 6 aliphatic rings. The Bertz CT molecular complexity index is 949. The van der Waals surface area contributed by atoms with Gasteiger partial charge in [0.15, 0.2) is 0 Å². The summed E-state index contributed by atoms with van der Waals surface area (Å²) >= 11 is 0. The highest BCUT2D eigenvalue weighted by atomic mass is 16.6. The van der Waals surface area contributed by atoms with E-state index in [0.717, 1.165) is 32.1 Å². The number of carbonyl (C=O) groups excluding carboxylic acids is 1. The fourth-order valence-electron chi connectivity index (χ4n) is 11.7. The van der Waals surface area contributed by atoms with Gasteiger partial charge in [-0.15, -0.1) is 0 Å². The average Bonchev–Trinajstić information content (AvgIpc) is 3.67. The van der Waals surface area contributed by atoms with Crippen molar-refractivity contribution in [3.8, 4) is 0 Å². The molecular weight excluding hydrogens is 464 g/mol.